The largest absolute Gasteiger partial charge is 0.295 e. The Bertz CT molecular complexity index is 886. The number of anilines is 1. The number of hydrazine groups is 1. The van der Waals surface area contributed by atoms with Crippen LogP contribution < -0.4 is 10.9 Å². The second kappa shape index (κ2) is 6.45. The predicted octanol–water partition coefficient (Wildman–Crippen LogP) is 4.70. The van der Waals surface area contributed by atoms with Gasteiger partial charge in [0.05, 0.1) is 15.7 Å². The molecule has 1 amide bonds. The first-order valence-electron chi connectivity index (χ1n) is 6.31. The van der Waals surface area contributed by atoms with Gasteiger partial charge in [0.15, 0.2) is 10.8 Å². The molecule has 9 heteroatoms. The summed E-state index contributed by atoms with van der Waals surface area (Å²) in [5.41, 5.74) is 6.24. The summed E-state index contributed by atoms with van der Waals surface area (Å²) in [6, 6.07) is 8.31. The van der Waals surface area contributed by atoms with Crippen molar-refractivity contribution in [2.75, 3.05) is 5.43 Å². The van der Waals surface area contributed by atoms with E-state index >= 15 is 0 Å². The second-order valence-electron chi connectivity index (χ2n) is 4.50. The van der Waals surface area contributed by atoms with Gasteiger partial charge >= 0.3 is 0 Å². The Morgan fingerprint density at radius 3 is 2.48 bits per heavy atom. The fourth-order valence-electron chi connectivity index (χ4n) is 2.01. The minimum atomic E-state index is -0.490. The molecule has 0 saturated carbocycles. The number of nitrogens with zero attached hydrogens (tertiary/aromatic N) is 2. The Balaban J connectivity index is 1.86. The number of imidazole rings is 1. The molecule has 3 rings (SSSR count). The van der Waals surface area contributed by atoms with E-state index in [2.05, 4.69) is 15.8 Å². The van der Waals surface area contributed by atoms with Crippen LogP contribution in [0, 0.1) is 0 Å². The molecule has 2 aromatic heterocycles. The summed E-state index contributed by atoms with van der Waals surface area (Å²) in [7, 11) is 0. The predicted molar refractivity (Wildman–Crippen MR) is 92.8 cm³/mol. The van der Waals surface area contributed by atoms with Gasteiger partial charge in [-0.25, -0.2) is 4.98 Å². The van der Waals surface area contributed by atoms with Gasteiger partial charge in [-0.3, -0.25) is 20.0 Å². The Kier molecular flexibility index (Phi) is 4.55. The summed E-state index contributed by atoms with van der Waals surface area (Å²) in [5.74, 6) is -0.490. The van der Waals surface area contributed by atoms with Gasteiger partial charge in [-0.1, -0.05) is 52.5 Å². The highest BCUT2D eigenvalue weighted by atomic mass is 35.5. The van der Waals surface area contributed by atoms with Crippen molar-refractivity contribution >= 4 is 63.6 Å². The van der Waals surface area contributed by atoms with Crippen molar-refractivity contribution < 1.29 is 4.79 Å². The van der Waals surface area contributed by atoms with Crippen LogP contribution >= 0.6 is 46.4 Å². The number of carbonyl (C=O) groups is 1. The lowest BCUT2D eigenvalue weighted by atomic mass is 10.3. The molecule has 0 spiro atoms. The quantitative estimate of drug-likeness (QED) is 0.638. The van der Waals surface area contributed by atoms with Crippen LogP contribution in [0.25, 0.3) is 5.65 Å². The van der Waals surface area contributed by atoms with Crippen molar-refractivity contribution in [3.8, 4) is 0 Å². The van der Waals surface area contributed by atoms with Crippen molar-refractivity contribution in [1.29, 1.82) is 0 Å². The van der Waals surface area contributed by atoms with Gasteiger partial charge in [0.1, 0.15) is 5.65 Å². The Hall–Kier alpha value is -1.66. The summed E-state index contributed by atoms with van der Waals surface area (Å²) in [4.78, 5) is 16.5. The molecular formula is C14H8Cl4N4O. The molecule has 1 aromatic carbocycles. The van der Waals surface area contributed by atoms with Crippen molar-refractivity contribution in [2.45, 2.75) is 0 Å². The fraction of sp³-hybridized carbons (Fsp3) is 0. The average Bonchev–Trinajstić information content (AvgIpc) is 2.81. The van der Waals surface area contributed by atoms with Crippen LogP contribution in [-0.4, -0.2) is 15.3 Å². The zero-order valence-corrected chi connectivity index (χ0v) is 14.3. The number of hydrogen-bond donors (Lipinski definition) is 2. The molecule has 3 aromatic rings. The number of pyridine rings is 1. The summed E-state index contributed by atoms with van der Waals surface area (Å²) in [6.07, 6.45) is 1.69. The van der Waals surface area contributed by atoms with Crippen molar-refractivity contribution in [3.63, 3.8) is 0 Å². The topological polar surface area (TPSA) is 58.4 Å². The first kappa shape index (κ1) is 16.2. The van der Waals surface area contributed by atoms with Gasteiger partial charge in [0, 0.05) is 11.2 Å². The summed E-state index contributed by atoms with van der Waals surface area (Å²) < 4.78 is 1.57. The van der Waals surface area contributed by atoms with Crippen LogP contribution in [0.2, 0.25) is 20.2 Å². The van der Waals surface area contributed by atoms with E-state index in [1.54, 1.807) is 28.8 Å². The van der Waals surface area contributed by atoms with E-state index in [0.29, 0.717) is 16.4 Å². The van der Waals surface area contributed by atoms with Crippen LogP contribution in [0.1, 0.15) is 10.5 Å². The third-order valence-electron chi connectivity index (χ3n) is 3.01. The minimum Gasteiger partial charge on any atom is -0.295 e. The number of benzene rings is 1. The summed E-state index contributed by atoms with van der Waals surface area (Å²) >= 11 is 24.0. The van der Waals surface area contributed by atoms with Crippen LogP contribution in [0.15, 0.2) is 36.5 Å². The Morgan fingerprint density at radius 2 is 1.78 bits per heavy atom. The second-order valence-corrected chi connectivity index (χ2v) is 6.11. The smallest absolute Gasteiger partial charge is 0.289 e. The van der Waals surface area contributed by atoms with E-state index in [1.807, 2.05) is 0 Å². The van der Waals surface area contributed by atoms with E-state index in [1.165, 1.54) is 12.1 Å². The number of amides is 1. The molecule has 2 N–H and O–H groups in total. The number of fused-ring (bicyclic) bond motifs is 1. The number of aromatic nitrogens is 2. The normalized spacial score (nSPS) is 10.8. The molecule has 0 unspecified atom stereocenters. The molecule has 0 radical (unpaired) electrons. The maximum Gasteiger partial charge on any atom is 0.289 e. The minimum absolute atomic E-state index is 0.0869. The van der Waals surface area contributed by atoms with E-state index in [0.717, 1.165) is 0 Å². The van der Waals surface area contributed by atoms with Crippen molar-refractivity contribution in [1.82, 2.24) is 14.8 Å². The Morgan fingerprint density at radius 1 is 1.09 bits per heavy atom. The molecule has 0 aliphatic carbocycles. The number of rotatable bonds is 3. The third kappa shape index (κ3) is 3.19. The van der Waals surface area contributed by atoms with Gasteiger partial charge in [-0.2, -0.15) is 0 Å². The van der Waals surface area contributed by atoms with E-state index in [-0.39, 0.29) is 20.9 Å². The molecule has 118 valence electrons. The van der Waals surface area contributed by atoms with Gasteiger partial charge in [0.25, 0.3) is 5.91 Å². The van der Waals surface area contributed by atoms with Crippen molar-refractivity contribution in [2.24, 2.45) is 0 Å². The zero-order valence-electron chi connectivity index (χ0n) is 11.3. The standard InChI is InChI=1S/C14H8Cl4N4O/c15-7-5-8(16)11(9(17)6-7)20-21-14(23)12-13(18)19-10-3-1-2-4-22(10)12/h1-6,20H,(H,21,23). The molecule has 0 aliphatic rings. The highest BCUT2D eigenvalue weighted by Gasteiger charge is 2.18. The Labute approximate surface area is 151 Å². The fourth-order valence-corrected chi connectivity index (χ4v) is 3.19. The molecular weight excluding hydrogens is 382 g/mol. The molecule has 5 nitrogen and oxygen atoms in total. The molecule has 0 bridgehead atoms. The molecule has 23 heavy (non-hydrogen) atoms. The monoisotopic (exact) mass is 388 g/mol. The number of carbonyl (C=O) groups excluding carboxylic acids is 1. The molecule has 0 atom stereocenters. The van der Waals surface area contributed by atoms with Gasteiger partial charge in [0.2, 0.25) is 0 Å². The maximum atomic E-state index is 12.4. The summed E-state index contributed by atoms with van der Waals surface area (Å²) in [6.45, 7) is 0. The highest BCUT2D eigenvalue weighted by Crippen LogP contribution is 2.33. The lowest BCUT2D eigenvalue weighted by Crippen LogP contribution is -2.30. The van der Waals surface area contributed by atoms with E-state index in [4.69, 9.17) is 46.4 Å². The molecule has 0 fully saturated rings. The van der Waals surface area contributed by atoms with Crippen molar-refractivity contribution in [3.05, 3.63) is 62.4 Å². The number of halogens is 4. The average molecular weight is 390 g/mol. The van der Waals surface area contributed by atoms with Crippen LogP contribution in [0.3, 0.4) is 0 Å². The third-order valence-corrected chi connectivity index (χ3v) is 4.09. The zero-order chi connectivity index (χ0) is 16.6. The molecule has 0 aliphatic heterocycles. The summed E-state index contributed by atoms with van der Waals surface area (Å²) in [5, 5.41) is 1.02. The van der Waals surface area contributed by atoms with Crippen LogP contribution in [-0.2, 0) is 0 Å². The molecule has 0 saturated heterocycles. The number of hydrogen-bond acceptors (Lipinski definition) is 3. The highest BCUT2D eigenvalue weighted by molar-refractivity contribution is 6.41. The van der Waals surface area contributed by atoms with E-state index in [9.17, 15) is 4.79 Å². The lowest BCUT2D eigenvalue weighted by molar-refractivity contribution is 0.0957. The van der Waals surface area contributed by atoms with Gasteiger partial charge < -0.3 is 0 Å². The van der Waals surface area contributed by atoms with Crippen LogP contribution in [0.4, 0.5) is 5.69 Å². The van der Waals surface area contributed by atoms with E-state index < -0.39 is 5.91 Å². The van der Waals surface area contributed by atoms with Crippen LogP contribution in [0.5, 0.6) is 0 Å². The van der Waals surface area contributed by atoms with Gasteiger partial charge in [-0.15, -0.1) is 0 Å². The SMILES string of the molecule is O=C(NNc1c(Cl)cc(Cl)cc1Cl)c1c(Cl)nc2ccccn12. The van der Waals surface area contributed by atoms with Gasteiger partial charge in [-0.05, 0) is 24.3 Å². The first-order chi connectivity index (χ1) is 11.0. The molecule has 2 heterocycles. The number of nitrogens with one attached hydrogen (secondary N) is 2. The maximum absolute atomic E-state index is 12.4. The lowest BCUT2D eigenvalue weighted by Gasteiger charge is -2.12. The first-order valence-corrected chi connectivity index (χ1v) is 7.82.